The minimum absolute atomic E-state index is 0.0299. The Kier molecular flexibility index (Phi) is 4.97. The zero-order valence-electron chi connectivity index (χ0n) is 18.3. The maximum Gasteiger partial charge on any atom is 0.338 e. The van der Waals surface area contributed by atoms with E-state index in [4.69, 9.17) is 20.8 Å². The second-order valence-corrected chi connectivity index (χ2v) is 9.17. The normalized spacial score (nSPS) is 28.9. The third-order valence-corrected chi connectivity index (χ3v) is 7.16. The van der Waals surface area contributed by atoms with Crippen LogP contribution in [0.4, 0.5) is 4.39 Å². The number of hydrogen-bond acceptors (Lipinski definition) is 5. The van der Waals surface area contributed by atoms with Crippen molar-refractivity contribution in [2.45, 2.75) is 69.7 Å². The Labute approximate surface area is 177 Å². The van der Waals surface area contributed by atoms with Gasteiger partial charge in [0.05, 0.1) is 18.2 Å². The minimum atomic E-state index is -1.01. The van der Waals surface area contributed by atoms with E-state index < -0.39 is 23.1 Å². The quantitative estimate of drug-likeness (QED) is 0.537. The molecule has 1 atom stereocenters. The summed E-state index contributed by atoms with van der Waals surface area (Å²) >= 11 is 0. The summed E-state index contributed by atoms with van der Waals surface area (Å²) in [4.78, 5) is 18.5. The Bertz CT molecular complexity index is 926. The number of carbonyl (C=O) groups is 1. The minimum Gasteiger partial charge on any atom is -0.465 e. The van der Waals surface area contributed by atoms with Gasteiger partial charge in [0.1, 0.15) is 0 Å². The number of benzene rings is 1. The van der Waals surface area contributed by atoms with E-state index in [1.54, 1.807) is 6.92 Å². The van der Waals surface area contributed by atoms with Gasteiger partial charge in [-0.1, -0.05) is 0 Å². The molecule has 0 bridgehead atoms. The molecule has 30 heavy (non-hydrogen) atoms. The molecule has 7 heteroatoms. The summed E-state index contributed by atoms with van der Waals surface area (Å²) < 4.78 is 33.1. The zero-order valence-corrected chi connectivity index (χ0v) is 18.3. The molecule has 2 aliphatic carbocycles. The standard InChI is InChI=1S/C23H29FN2O4/c1-13-16(21(27)28-6)17(23(25-3)11-12-23)18(24)20-19(13)29-22(2,30-20)14-7-9-15(10-8-14)26(4)5/h14-15H,7-12H2,1-2,4-6H3. The summed E-state index contributed by atoms with van der Waals surface area (Å²) in [6, 6.07) is 0.526. The van der Waals surface area contributed by atoms with E-state index in [1.165, 1.54) is 7.11 Å². The third-order valence-electron chi connectivity index (χ3n) is 7.16. The summed E-state index contributed by atoms with van der Waals surface area (Å²) in [7, 11) is 5.44. The lowest BCUT2D eigenvalue weighted by atomic mass is 9.81. The molecule has 1 aromatic rings. The van der Waals surface area contributed by atoms with E-state index >= 15 is 4.39 Å². The highest BCUT2D eigenvalue weighted by Crippen LogP contribution is 2.58. The number of hydrogen-bond donors (Lipinski definition) is 0. The van der Waals surface area contributed by atoms with Crippen LogP contribution in [-0.2, 0) is 10.3 Å². The van der Waals surface area contributed by atoms with E-state index in [9.17, 15) is 4.79 Å². The van der Waals surface area contributed by atoms with Crippen molar-refractivity contribution in [1.82, 2.24) is 4.90 Å². The average molecular weight is 416 g/mol. The smallest absolute Gasteiger partial charge is 0.338 e. The molecule has 3 aliphatic rings. The Balaban J connectivity index is 1.73. The molecule has 0 amide bonds. The number of nitrogens with zero attached hydrogens (tertiary/aromatic N) is 2. The molecule has 0 aromatic heterocycles. The number of halogens is 1. The highest BCUT2D eigenvalue weighted by molar-refractivity contribution is 5.95. The van der Waals surface area contributed by atoms with Crippen molar-refractivity contribution in [2.75, 3.05) is 21.2 Å². The number of rotatable bonds is 4. The summed E-state index contributed by atoms with van der Waals surface area (Å²) in [6.45, 7) is 11.2. The second-order valence-electron chi connectivity index (χ2n) is 9.17. The molecule has 4 rings (SSSR count). The Morgan fingerprint density at radius 2 is 1.80 bits per heavy atom. The van der Waals surface area contributed by atoms with Gasteiger partial charge in [-0.3, -0.25) is 0 Å². The van der Waals surface area contributed by atoms with Crippen LogP contribution >= 0.6 is 0 Å². The van der Waals surface area contributed by atoms with Gasteiger partial charge < -0.3 is 24.0 Å². The summed E-state index contributed by atoms with van der Waals surface area (Å²) in [5.74, 6) is -1.90. The van der Waals surface area contributed by atoms with Crippen LogP contribution in [0.15, 0.2) is 0 Å². The van der Waals surface area contributed by atoms with Gasteiger partial charge in [0, 0.05) is 37.3 Å². The van der Waals surface area contributed by atoms with Crippen LogP contribution in [0.3, 0.4) is 0 Å². The van der Waals surface area contributed by atoms with Gasteiger partial charge in [0.15, 0.2) is 11.6 Å². The van der Waals surface area contributed by atoms with Crippen molar-refractivity contribution >= 4 is 5.97 Å². The summed E-state index contributed by atoms with van der Waals surface area (Å²) in [5, 5.41) is 0. The van der Waals surface area contributed by atoms with Crippen LogP contribution in [0.25, 0.3) is 4.85 Å². The molecule has 162 valence electrons. The lowest BCUT2D eigenvalue weighted by Gasteiger charge is -2.39. The van der Waals surface area contributed by atoms with Crippen molar-refractivity contribution in [1.29, 1.82) is 0 Å². The third kappa shape index (κ3) is 3.04. The van der Waals surface area contributed by atoms with Gasteiger partial charge in [-0.2, -0.15) is 0 Å². The fourth-order valence-corrected chi connectivity index (χ4v) is 5.05. The maximum absolute atomic E-state index is 15.7. The molecule has 6 nitrogen and oxygen atoms in total. The largest absolute Gasteiger partial charge is 0.465 e. The molecular formula is C23H29FN2O4. The van der Waals surface area contributed by atoms with Crippen LogP contribution in [0.5, 0.6) is 11.5 Å². The van der Waals surface area contributed by atoms with E-state index in [0.29, 0.717) is 24.4 Å². The fraction of sp³-hybridized carbons (Fsp3) is 0.652. The molecule has 2 saturated carbocycles. The van der Waals surface area contributed by atoms with Crippen LogP contribution in [-0.4, -0.2) is 43.9 Å². The van der Waals surface area contributed by atoms with Gasteiger partial charge in [-0.25, -0.2) is 15.8 Å². The van der Waals surface area contributed by atoms with E-state index in [-0.39, 0.29) is 28.5 Å². The first-order valence-corrected chi connectivity index (χ1v) is 10.6. The molecule has 1 aromatic carbocycles. The topological polar surface area (TPSA) is 52.4 Å². The number of fused-ring (bicyclic) bond motifs is 1. The monoisotopic (exact) mass is 416 g/mol. The van der Waals surface area contributed by atoms with E-state index in [2.05, 4.69) is 23.8 Å². The van der Waals surface area contributed by atoms with E-state index in [1.807, 2.05) is 6.92 Å². The number of esters is 1. The average Bonchev–Trinajstić information content (AvgIpc) is 3.44. The number of carbonyl (C=O) groups excluding carboxylic acids is 1. The predicted octanol–water partition coefficient (Wildman–Crippen LogP) is 4.44. The number of methoxy groups -OCH3 is 1. The molecule has 0 radical (unpaired) electrons. The SMILES string of the molecule is [C-]#[N+]C1(c2c(F)c3c(c(C)c2C(=O)OC)OC(C)(C2CCC(N(C)C)CC2)O3)CC1. The zero-order chi connectivity index (χ0) is 21.8. The first-order valence-electron chi connectivity index (χ1n) is 10.6. The van der Waals surface area contributed by atoms with Crippen molar-refractivity contribution in [3.63, 3.8) is 0 Å². The van der Waals surface area contributed by atoms with Crippen molar-refractivity contribution in [3.05, 3.63) is 33.9 Å². The Morgan fingerprint density at radius 3 is 2.30 bits per heavy atom. The first-order chi connectivity index (χ1) is 14.2. The first kappa shape index (κ1) is 20.9. The van der Waals surface area contributed by atoms with Gasteiger partial charge in [0.25, 0.3) is 11.3 Å². The highest BCUT2D eigenvalue weighted by atomic mass is 19.1. The molecule has 0 saturated heterocycles. The van der Waals surface area contributed by atoms with Crippen LogP contribution in [0.1, 0.15) is 66.9 Å². The van der Waals surface area contributed by atoms with Crippen molar-refractivity contribution in [3.8, 4) is 11.5 Å². The number of ether oxygens (including phenoxy) is 3. The predicted molar refractivity (Wildman–Crippen MR) is 109 cm³/mol. The molecule has 0 N–H and O–H groups in total. The van der Waals surface area contributed by atoms with Crippen molar-refractivity contribution < 1.29 is 23.4 Å². The van der Waals surface area contributed by atoms with Gasteiger partial charge in [0.2, 0.25) is 5.75 Å². The van der Waals surface area contributed by atoms with Crippen LogP contribution < -0.4 is 9.47 Å². The van der Waals surface area contributed by atoms with Gasteiger partial charge in [-0.15, -0.1) is 0 Å². The second kappa shape index (κ2) is 7.12. The maximum atomic E-state index is 15.7. The Morgan fingerprint density at radius 1 is 1.20 bits per heavy atom. The Hall–Kier alpha value is -2.33. The van der Waals surface area contributed by atoms with Crippen molar-refractivity contribution in [2.24, 2.45) is 5.92 Å². The van der Waals surface area contributed by atoms with Crippen LogP contribution in [0.2, 0.25) is 0 Å². The van der Waals surface area contributed by atoms with E-state index in [0.717, 1.165) is 25.7 Å². The molecule has 1 heterocycles. The van der Waals surface area contributed by atoms with Gasteiger partial charge >= 0.3 is 5.97 Å². The summed E-state index contributed by atoms with van der Waals surface area (Å²) in [5.41, 5.74) is -0.329. The fourth-order valence-electron chi connectivity index (χ4n) is 5.05. The lowest BCUT2D eigenvalue weighted by molar-refractivity contribution is -0.124. The summed E-state index contributed by atoms with van der Waals surface area (Å²) in [6.07, 6.45) is 4.91. The molecule has 1 aliphatic heterocycles. The lowest BCUT2D eigenvalue weighted by Crippen LogP contribution is -2.46. The molecular weight excluding hydrogens is 387 g/mol. The van der Waals surface area contributed by atoms with Crippen LogP contribution in [0, 0.1) is 25.2 Å². The molecule has 1 unspecified atom stereocenters. The molecule has 0 spiro atoms. The highest BCUT2D eigenvalue weighted by Gasteiger charge is 2.59. The molecule has 2 fully saturated rings. The van der Waals surface area contributed by atoms with Gasteiger partial charge in [-0.05, 0) is 46.7 Å².